The van der Waals surface area contributed by atoms with Crippen molar-refractivity contribution in [3.63, 3.8) is 0 Å². The Balaban J connectivity index is 0. The molecule has 0 bridgehead atoms. The van der Waals surface area contributed by atoms with Crippen molar-refractivity contribution in [3.05, 3.63) is 0 Å². The van der Waals surface area contributed by atoms with Gasteiger partial charge in [0.15, 0.2) is 0 Å². The Kier molecular flexibility index (Phi) is 12.2. The average molecular weight is 251 g/mol. The van der Waals surface area contributed by atoms with Crippen molar-refractivity contribution >= 4 is 14.9 Å². The Hall–Kier alpha value is -0.563. The molecule has 16 heavy (non-hydrogen) atoms. The maximum atomic E-state index is 10.1. The first-order valence-electron chi connectivity index (χ1n) is 4.95. The maximum Gasteiger partial charge on any atom is 0.527 e. The lowest BCUT2D eigenvalue weighted by molar-refractivity contribution is 0.112. The van der Waals surface area contributed by atoms with Crippen molar-refractivity contribution in [2.75, 3.05) is 27.9 Å². The zero-order valence-electron chi connectivity index (χ0n) is 10.5. The van der Waals surface area contributed by atoms with Gasteiger partial charge in [-0.25, -0.2) is 4.79 Å². The first-order chi connectivity index (χ1) is 7.62. The number of aliphatic imine (C=N–C) groups is 1. The normalized spacial score (nSPS) is 12.1. The molecule has 0 aromatic heterocycles. The van der Waals surface area contributed by atoms with Crippen LogP contribution in [0.5, 0.6) is 0 Å². The molecule has 0 amide bonds. The second-order valence-corrected chi connectivity index (χ2v) is 5.77. The lowest BCUT2D eigenvalue weighted by Crippen LogP contribution is -2.53. The highest BCUT2D eigenvalue weighted by atomic mass is 28.4. The summed E-state index contributed by atoms with van der Waals surface area (Å²) in [5, 5.41) is 7.57. The molecule has 0 spiro atoms. The van der Waals surface area contributed by atoms with E-state index in [9.17, 15) is 4.79 Å². The summed E-state index contributed by atoms with van der Waals surface area (Å²) in [5.74, 6) is 0. The van der Waals surface area contributed by atoms with Crippen molar-refractivity contribution < 1.29 is 23.2 Å². The summed E-state index contributed by atoms with van der Waals surface area (Å²) < 4.78 is 15.5. The summed E-state index contributed by atoms with van der Waals surface area (Å²) in [6.07, 6.45) is 2.12. The van der Waals surface area contributed by atoms with E-state index in [0.717, 1.165) is 0 Å². The molecule has 1 unspecified atom stereocenters. The Labute approximate surface area is 97.6 Å². The molecule has 1 N–H and O–H groups in total. The van der Waals surface area contributed by atoms with Crippen molar-refractivity contribution in [2.45, 2.75) is 25.9 Å². The highest BCUT2D eigenvalue weighted by Crippen LogP contribution is 2.17. The van der Waals surface area contributed by atoms with Crippen molar-refractivity contribution in [2.24, 2.45) is 4.99 Å². The number of carbonyl (C=O) groups excluding carboxylic acids is 1. The van der Waals surface area contributed by atoms with Crippen molar-refractivity contribution in [1.29, 1.82) is 0 Å². The molecule has 0 aromatic carbocycles. The van der Waals surface area contributed by atoms with Gasteiger partial charge >= 0.3 is 8.80 Å². The Morgan fingerprint density at radius 1 is 1.25 bits per heavy atom. The summed E-state index contributed by atoms with van der Waals surface area (Å²) in [5.41, 5.74) is -0.370. The van der Waals surface area contributed by atoms with E-state index in [1.54, 1.807) is 6.92 Å². The lowest BCUT2D eigenvalue weighted by atomic mass is 10.5. The van der Waals surface area contributed by atoms with Gasteiger partial charge in [-0.15, -0.1) is 0 Å². The van der Waals surface area contributed by atoms with Gasteiger partial charge in [-0.3, -0.25) is 0 Å². The van der Waals surface area contributed by atoms with Crippen LogP contribution in [0.25, 0.3) is 0 Å². The fraction of sp³-hybridized carbons (Fsp3) is 0.889. The van der Waals surface area contributed by atoms with Gasteiger partial charge in [0.2, 0.25) is 6.08 Å². The topological polar surface area (TPSA) is 77.4 Å². The van der Waals surface area contributed by atoms with Gasteiger partial charge in [0.05, 0.1) is 0 Å². The fourth-order valence-electron chi connectivity index (χ4n) is 1.14. The summed E-state index contributed by atoms with van der Waals surface area (Å²) >= 11 is 0. The number of hydrogen-bond acceptors (Lipinski definition) is 6. The summed E-state index contributed by atoms with van der Waals surface area (Å²) in [6.45, 7) is 3.81. The van der Waals surface area contributed by atoms with E-state index >= 15 is 0 Å². The third-order valence-corrected chi connectivity index (χ3v) is 4.92. The summed E-state index contributed by atoms with van der Waals surface area (Å²) in [6, 6.07) is 0. The van der Waals surface area contributed by atoms with Gasteiger partial charge in [0, 0.05) is 27.9 Å². The molecule has 0 saturated carbocycles. The third kappa shape index (κ3) is 5.50. The van der Waals surface area contributed by atoms with E-state index in [-0.39, 0.29) is 12.3 Å². The van der Waals surface area contributed by atoms with Crippen molar-refractivity contribution in [1.82, 2.24) is 0 Å². The van der Waals surface area contributed by atoms with Crippen LogP contribution in [-0.2, 0) is 18.1 Å². The van der Waals surface area contributed by atoms with Gasteiger partial charge in [-0.05, 0) is 13.3 Å². The molecule has 0 aliphatic heterocycles. The van der Waals surface area contributed by atoms with Crippen LogP contribution in [0.15, 0.2) is 4.99 Å². The minimum atomic E-state index is -2.80. The first-order valence-corrected chi connectivity index (χ1v) is 6.75. The van der Waals surface area contributed by atoms with Crippen molar-refractivity contribution in [3.8, 4) is 0 Å². The van der Waals surface area contributed by atoms with Crippen LogP contribution in [0.2, 0.25) is 0 Å². The molecule has 0 radical (unpaired) electrons. The molecular weight excluding hydrogens is 230 g/mol. The van der Waals surface area contributed by atoms with Gasteiger partial charge in [0.25, 0.3) is 0 Å². The van der Waals surface area contributed by atoms with Gasteiger partial charge in [-0.1, -0.05) is 6.92 Å². The van der Waals surface area contributed by atoms with E-state index < -0.39 is 8.80 Å². The monoisotopic (exact) mass is 251 g/mol. The van der Waals surface area contributed by atoms with Crippen LogP contribution in [0.3, 0.4) is 0 Å². The predicted molar refractivity (Wildman–Crippen MR) is 61.7 cm³/mol. The Morgan fingerprint density at radius 2 is 1.62 bits per heavy atom. The molecular formula is C9H21NO5Si. The van der Waals surface area contributed by atoms with Crippen LogP contribution in [0, 0.1) is 0 Å². The predicted octanol–water partition coefficient (Wildman–Crippen LogP) is 0.517. The molecule has 0 fully saturated rings. The Morgan fingerprint density at radius 3 is 1.81 bits per heavy atom. The third-order valence-electron chi connectivity index (χ3n) is 1.86. The Bertz CT molecular complexity index is 196. The molecule has 96 valence electrons. The van der Waals surface area contributed by atoms with E-state index in [1.807, 2.05) is 6.92 Å². The molecule has 0 rings (SSSR count). The molecule has 0 heterocycles. The second-order valence-electron chi connectivity index (χ2n) is 2.68. The largest absolute Gasteiger partial charge is 0.527 e. The molecule has 1 atom stereocenters. The average Bonchev–Trinajstić information content (AvgIpc) is 2.31. The number of isocyanates is 1. The van der Waals surface area contributed by atoms with E-state index in [2.05, 4.69) is 4.99 Å². The molecule has 0 saturated heterocycles. The summed E-state index contributed by atoms with van der Waals surface area (Å²) in [7, 11) is 1.67. The van der Waals surface area contributed by atoms with Crippen LogP contribution >= 0.6 is 0 Å². The second kappa shape index (κ2) is 10.9. The van der Waals surface area contributed by atoms with E-state index in [1.165, 1.54) is 27.4 Å². The summed E-state index contributed by atoms with van der Waals surface area (Å²) in [4.78, 5) is 13.7. The highest BCUT2D eigenvalue weighted by molar-refractivity contribution is 6.62. The van der Waals surface area contributed by atoms with Gasteiger partial charge < -0.3 is 18.4 Å². The van der Waals surface area contributed by atoms with Crippen LogP contribution in [-0.4, -0.2) is 53.6 Å². The van der Waals surface area contributed by atoms with Crippen LogP contribution < -0.4 is 0 Å². The quantitative estimate of drug-likeness (QED) is 0.423. The molecule has 0 aliphatic rings. The molecule has 6 nitrogen and oxygen atoms in total. The zero-order valence-corrected chi connectivity index (χ0v) is 11.5. The molecule has 0 aromatic rings. The maximum absolute atomic E-state index is 10.1. The fourth-order valence-corrected chi connectivity index (χ4v) is 3.17. The zero-order chi connectivity index (χ0) is 13.0. The smallest absolute Gasteiger partial charge is 0.397 e. The van der Waals surface area contributed by atoms with E-state index in [0.29, 0.717) is 6.42 Å². The standard InChI is InChI=1S/C7H15NO4Si.C2H6O/c1-5-7(8-6-9)13(10-2,11-3)12-4;1-2-3/h7H,5H2,1-4H3;3H,2H2,1H3. The number of aliphatic hydroxyl groups is 1. The lowest BCUT2D eigenvalue weighted by Gasteiger charge is -2.28. The number of rotatable bonds is 6. The molecule has 7 heteroatoms. The first kappa shape index (κ1) is 17.8. The van der Waals surface area contributed by atoms with Crippen LogP contribution in [0.4, 0.5) is 0 Å². The van der Waals surface area contributed by atoms with Gasteiger partial charge in [0.1, 0.15) is 5.67 Å². The van der Waals surface area contributed by atoms with Gasteiger partial charge in [-0.2, -0.15) is 4.99 Å². The SMILES string of the molecule is CCC(N=C=O)[Si](OC)(OC)OC.CCO. The van der Waals surface area contributed by atoms with E-state index in [4.69, 9.17) is 18.4 Å². The number of aliphatic hydroxyl groups excluding tert-OH is 1. The number of nitrogens with zero attached hydrogens (tertiary/aromatic N) is 1. The van der Waals surface area contributed by atoms with Crippen LogP contribution in [0.1, 0.15) is 20.3 Å². The minimum Gasteiger partial charge on any atom is -0.397 e. The minimum absolute atomic E-state index is 0.250. The number of hydrogen-bond donors (Lipinski definition) is 1. The highest BCUT2D eigenvalue weighted by Gasteiger charge is 2.47. The molecule has 0 aliphatic carbocycles.